The number of rotatable bonds is 15. The molecule has 0 bridgehead atoms. The molecule has 0 fully saturated rings. The molecule has 0 aliphatic carbocycles. The molecule has 1 atom stereocenters. The van der Waals surface area contributed by atoms with Crippen molar-refractivity contribution in [3.05, 3.63) is 114 Å². The molecular formula is C35H39N3O7S. The highest BCUT2D eigenvalue weighted by Gasteiger charge is 2.34. The summed E-state index contributed by atoms with van der Waals surface area (Å²) in [5.74, 6) is 0.187. The zero-order chi connectivity index (χ0) is 33.1. The lowest BCUT2D eigenvalue weighted by atomic mass is 10.0. The standard InChI is InChI=1S/C35H39N3O7S/c1-5-45-29-18-16-28(17-19-29)38(46(41,42)30-20-21-32(43-3)33(23-30)44-4)25-34(39)37(24-27-14-10-7-11-15-27)31(35(40)36-2)22-26-12-8-6-9-13-26/h6-21,23,31H,5,22,24-25H2,1-4H3,(H,36,40)/t31-/m1/s1. The summed E-state index contributed by atoms with van der Waals surface area (Å²) in [4.78, 5) is 29.1. The van der Waals surface area contributed by atoms with Crippen LogP contribution in [0.3, 0.4) is 0 Å². The first-order valence-electron chi connectivity index (χ1n) is 14.8. The number of carbonyl (C=O) groups excluding carboxylic acids is 2. The molecule has 4 aromatic rings. The molecule has 0 saturated carbocycles. The number of anilines is 1. The van der Waals surface area contributed by atoms with E-state index < -0.39 is 28.5 Å². The summed E-state index contributed by atoms with van der Waals surface area (Å²) < 4.78 is 45.9. The van der Waals surface area contributed by atoms with Crippen LogP contribution in [0.15, 0.2) is 108 Å². The van der Waals surface area contributed by atoms with Gasteiger partial charge >= 0.3 is 0 Å². The average Bonchev–Trinajstić information content (AvgIpc) is 3.09. The first kappa shape index (κ1) is 33.9. The summed E-state index contributed by atoms with van der Waals surface area (Å²) >= 11 is 0. The van der Waals surface area contributed by atoms with E-state index in [1.54, 1.807) is 24.3 Å². The van der Waals surface area contributed by atoms with Gasteiger partial charge in [-0.05, 0) is 54.4 Å². The monoisotopic (exact) mass is 645 g/mol. The number of nitrogens with zero attached hydrogens (tertiary/aromatic N) is 2. The molecule has 4 aromatic carbocycles. The van der Waals surface area contributed by atoms with Crippen molar-refractivity contribution in [1.82, 2.24) is 10.2 Å². The van der Waals surface area contributed by atoms with E-state index >= 15 is 0 Å². The van der Waals surface area contributed by atoms with Crippen LogP contribution in [0.1, 0.15) is 18.1 Å². The Morgan fingerprint density at radius 2 is 1.41 bits per heavy atom. The van der Waals surface area contributed by atoms with Crippen molar-refractivity contribution in [1.29, 1.82) is 0 Å². The lowest BCUT2D eigenvalue weighted by molar-refractivity contribution is -0.139. The molecule has 1 N–H and O–H groups in total. The van der Waals surface area contributed by atoms with E-state index in [1.807, 2.05) is 67.6 Å². The Hall–Kier alpha value is -5.03. The normalized spacial score (nSPS) is 11.7. The van der Waals surface area contributed by atoms with E-state index in [9.17, 15) is 18.0 Å². The molecule has 242 valence electrons. The molecule has 11 heteroatoms. The Bertz CT molecular complexity index is 1700. The SMILES string of the molecule is CCOc1ccc(N(CC(=O)N(Cc2ccccc2)[C@H](Cc2ccccc2)C(=O)NC)S(=O)(=O)c2ccc(OC)c(OC)c2)cc1. The molecular weight excluding hydrogens is 606 g/mol. The van der Waals surface area contributed by atoms with Gasteiger partial charge in [0, 0.05) is 26.1 Å². The van der Waals surface area contributed by atoms with Gasteiger partial charge in [0.05, 0.1) is 31.4 Å². The number of hydrogen-bond donors (Lipinski definition) is 1. The van der Waals surface area contributed by atoms with E-state index in [-0.39, 0.29) is 35.2 Å². The van der Waals surface area contributed by atoms with Gasteiger partial charge in [-0.3, -0.25) is 13.9 Å². The quantitative estimate of drug-likeness (QED) is 0.200. The molecule has 0 heterocycles. The maximum Gasteiger partial charge on any atom is 0.264 e. The van der Waals surface area contributed by atoms with Gasteiger partial charge in [-0.15, -0.1) is 0 Å². The molecule has 0 aliphatic heterocycles. The number of amides is 2. The highest BCUT2D eigenvalue weighted by Crippen LogP contribution is 2.33. The smallest absolute Gasteiger partial charge is 0.264 e. The fraction of sp³-hybridized carbons (Fsp3) is 0.257. The number of methoxy groups -OCH3 is 2. The van der Waals surface area contributed by atoms with E-state index in [4.69, 9.17) is 14.2 Å². The van der Waals surface area contributed by atoms with Gasteiger partial charge in [0.1, 0.15) is 18.3 Å². The average molecular weight is 646 g/mol. The van der Waals surface area contributed by atoms with Crippen LogP contribution in [-0.2, 0) is 32.6 Å². The van der Waals surface area contributed by atoms with Gasteiger partial charge in [0.2, 0.25) is 11.8 Å². The first-order chi connectivity index (χ1) is 22.2. The maximum absolute atomic E-state index is 14.4. The van der Waals surface area contributed by atoms with Crippen molar-refractivity contribution in [3.63, 3.8) is 0 Å². The summed E-state index contributed by atoms with van der Waals surface area (Å²) in [5.41, 5.74) is 1.88. The van der Waals surface area contributed by atoms with Gasteiger partial charge < -0.3 is 24.4 Å². The molecule has 0 aliphatic rings. The molecule has 10 nitrogen and oxygen atoms in total. The first-order valence-corrected chi connectivity index (χ1v) is 16.2. The number of carbonyl (C=O) groups is 2. The summed E-state index contributed by atoms with van der Waals surface area (Å²) in [7, 11) is 0.0401. The summed E-state index contributed by atoms with van der Waals surface area (Å²) in [6.45, 7) is 1.78. The van der Waals surface area contributed by atoms with Crippen molar-refractivity contribution < 1.29 is 32.2 Å². The minimum atomic E-state index is -4.34. The predicted molar refractivity (Wildman–Crippen MR) is 177 cm³/mol. The van der Waals surface area contributed by atoms with Gasteiger partial charge in [-0.1, -0.05) is 60.7 Å². The lowest BCUT2D eigenvalue weighted by Gasteiger charge is -2.33. The largest absolute Gasteiger partial charge is 0.494 e. The highest BCUT2D eigenvalue weighted by atomic mass is 32.2. The van der Waals surface area contributed by atoms with Gasteiger partial charge in [-0.25, -0.2) is 8.42 Å². The summed E-state index contributed by atoms with van der Waals surface area (Å²) in [5, 5.41) is 2.68. The second-order valence-electron chi connectivity index (χ2n) is 10.3. The molecule has 2 amide bonds. The molecule has 4 rings (SSSR count). The van der Waals surface area contributed by atoms with Crippen LogP contribution in [0.25, 0.3) is 0 Å². The van der Waals surface area contributed by atoms with Gasteiger partial charge in [-0.2, -0.15) is 0 Å². The number of ether oxygens (including phenoxy) is 3. The predicted octanol–water partition coefficient (Wildman–Crippen LogP) is 4.68. The van der Waals surface area contributed by atoms with Crippen molar-refractivity contribution in [3.8, 4) is 17.2 Å². The van der Waals surface area contributed by atoms with Crippen LogP contribution in [0.4, 0.5) is 5.69 Å². The summed E-state index contributed by atoms with van der Waals surface area (Å²) in [6.07, 6.45) is 0.227. The minimum absolute atomic E-state index is 0.0815. The fourth-order valence-corrected chi connectivity index (χ4v) is 6.44. The van der Waals surface area contributed by atoms with Crippen molar-refractivity contribution in [2.24, 2.45) is 0 Å². The van der Waals surface area contributed by atoms with E-state index in [2.05, 4.69) is 5.32 Å². The molecule has 0 radical (unpaired) electrons. The maximum atomic E-state index is 14.4. The van der Waals surface area contributed by atoms with E-state index in [0.717, 1.165) is 15.4 Å². The minimum Gasteiger partial charge on any atom is -0.494 e. The van der Waals surface area contributed by atoms with Crippen LogP contribution >= 0.6 is 0 Å². The fourth-order valence-electron chi connectivity index (χ4n) is 5.01. The van der Waals surface area contributed by atoms with Crippen LogP contribution in [0, 0.1) is 0 Å². The summed E-state index contributed by atoms with van der Waals surface area (Å²) in [6, 6.07) is 28.4. The van der Waals surface area contributed by atoms with Gasteiger partial charge in [0.25, 0.3) is 10.0 Å². The Balaban J connectivity index is 1.80. The number of hydrogen-bond acceptors (Lipinski definition) is 7. The third-order valence-electron chi connectivity index (χ3n) is 7.37. The van der Waals surface area contributed by atoms with Crippen LogP contribution in [0.5, 0.6) is 17.2 Å². The number of sulfonamides is 1. The van der Waals surface area contributed by atoms with E-state index in [1.165, 1.54) is 44.4 Å². The number of nitrogens with one attached hydrogen (secondary N) is 1. The second-order valence-corrected chi connectivity index (χ2v) is 12.1. The molecule has 0 unspecified atom stereocenters. The Labute approximate surface area is 270 Å². The van der Waals surface area contributed by atoms with Crippen molar-refractivity contribution in [2.45, 2.75) is 30.8 Å². The van der Waals surface area contributed by atoms with Crippen molar-refractivity contribution in [2.75, 3.05) is 38.7 Å². The molecule has 0 aromatic heterocycles. The van der Waals surface area contributed by atoms with E-state index in [0.29, 0.717) is 18.1 Å². The second kappa shape index (κ2) is 15.8. The zero-order valence-corrected chi connectivity index (χ0v) is 27.2. The third-order valence-corrected chi connectivity index (χ3v) is 9.14. The third kappa shape index (κ3) is 8.16. The Kier molecular flexibility index (Phi) is 11.6. The Morgan fingerprint density at radius 1 is 0.804 bits per heavy atom. The van der Waals surface area contributed by atoms with Crippen molar-refractivity contribution >= 4 is 27.5 Å². The topological polar surface area (TPSA) is 114 Å². The van der Waals surface area contributed by atoms with Crippen LogP contribution in [-0.4, -0.2) is 65.6 Å². The van der Waals surface area contributed by atoms with Crippen LogP contribution in [0.2, 0.25) is 0 Å². The molecule has 46 heavy (non-hydrogen) atoms. The zero-order valence-electron chi connectivity index (χ0n) is 26.4. The molecule has 0 saturated heterocycles. The molecule has 0 spiro atoms. The Morgan fingerprint density at radius 3 is 1.98 bits per heavy atom. The highest BCUT2D eigenvalue weighted by molar-refractivity contribution is 7.92. The number of benzene rings is 4. The number of likely N-dealkylation sites (N-methyl/N-ethyl adjacent to an activating group) is 1. The van der Waals surface area contributed by atoms with Crippen LogP contribution < -0.4 is 23.8 Å². The lowest BCUT2D eigenvalue weighted by Crippen LogP contribution is -2.53. The van der Waals surface area contributed by atoms with Gasteiger partial charge in [0.15, 0.2) is 11.5 Å².